The second-order valence-electron chi connectivity index (χ2n) is 7.67. The molecule has 0 atom stereocenters. The summed E-state index contributed by atoms with van der Waals surface area (Å²) in [6.07, 6.45) is 0.551. The smallest absolute Gasteiger partial charge is 0.261 e. The van der Waals surface area contributed by atoms with E-state index < -0.39 is 20.0 Å². The van der Waals surface area contributed by atoms with E-state index in [1.807, 2.05) is 13.0 Å². The Morgan fingerprint density at radius 2 is 1.50 bits per heavy atom. The van der Waals surface area contributed by atoms with Crippen LogP contribution in [0.15, 0.2) is 76.5 Å². The van der Waals surface area contributed by atoms with Crippen LogP contribution in [0, 0.1) is 6.92 Å². The molecule has 0 aliphatic carbocycles. The molecule has 4 rings (SSSR count). The van der Waals surface area contributed by atoms with Gasteiger partial charge in [-0.15, -0.1) is 0 Å². The number of sulfonamides is 2. The second-order valence-corrected chi connectivity index (χ2v) is 11.3. The highest BCUT2D eigenvalue weighted by atomic mass is 32.2. The maximum absolute atomic E-state index is 13.1. The molecule has 32 heavy (non-hydrogen) atoms. The van der Waals surface area contributed by atoms with Crippen molar-refractivity contribution >= 4 is 25.7 Å². The van der Waals surface area contributed by atoms with E-state index in [4.69, 9.17) is 4.74 Å². The van der Waals surface area contributed by atoms with Gasteiger partial charge in [0.25, 0.3) is 10.0 Å². The van der Waals surface area contributed by atoms with Gasteiger partial charge in [-0.05, 0) is 73.0 Å². The Morgan fingerprint density at radius 3 is 2.16 bits per heavy atom. The topological polar surface area (TPSA) is 92.8 Å². The third-order valence-electron chi connectivity index (χ3n) is 5.46. The molecule has 0 saturated carbocycles. The van der Waals surface area contributed by atoms with Gasteiger partial charge < -0.3 is 4.74 Å². The molecule has 3 aromatic rings. The molecule has 1 N–H and O–H groups in total. The SMILES string of the molecule is COc1ccc(S(=O)(=O)N2CCc3ccc(NS(=O)(=O)c4ccc(C)cc4)cc3C2)cc1. The number of methoxy groups -OCH3 is 1. The van der Waals surface area contributed by atoms with Gasteiger partial charge in [0.05, 0.1) is 16.9 Å². The number of hydrogen-bond acceptors (Lipinski definition) is 5. The predicted octanol–water partition coefficient (Wildman–Crippen LogP) is 3.55. The maximum atomic E-state index is 13.1. The fourth-order valence-electron chi connectivity index (χ4n) is 3.63. The van der Waals surface area contributed by atoms with Gasteiger partial charge in [0.15, 0.2) is 0 Å². The maximum Gasteiger partial charge on any atom is 0.261 e. The van der Waals surface area contributed by atoms with E-state index in [2.05, 4.69) is 4.72 Å². The van der Waals surface area contributed by atoms with Crippen LogP contribution < -0.4 is 9.46 Å². The Balaban J connectivity index is 1.57. The van der Waals surface area contributed by atoms with Crippen molar-refractivity contribution in [3.05, 3.63) is 83.4 Å². The number of ether oxygens (including phenoxy) is 1. The van der Waals surface area contributed by atoms with E-state index in [1.54, 1.807) is 48.5 Å². The van der Waals surface area contributed by atoms with Gasteiger partial charge in [0.2, 0.25) is 10.0 Å². The first kappa shape index (κ1) is 22.3. The van der Waals surface area contributed by atoms with Crippen molar-refractivity contribution in [2.75, 3.05) is 18.4 Å². The van der Waals surface area contributed by atoms with Gasteiger partial charge >= 0.3 is 0 Å². The normalized spacial score (nSPS) is 14.6. The van der Waals surface area contributed by atoms with Crippen LogP contribution in [0.4, 0.5) is 5.69 Å². The molecular weight excluding hydrogens is 448 g/mol. The van der Waals surface area contributed by atoms with Crippen LogP contribution in [0.5, 0.6) is 5.75 Å². The summed E-state index contributed by atoms with van der Waals surface area (Å²) in [5.41, 5.74) is 3.14. The molecule has 0 saturated heterocycles. The molecule has 0 unspecified atom stereocenters. The third-order valence-corrected chi connectivity index (χ3v) is 8.72. The lowest BCUT2D eigenvalue weighted by atomic mass is 10.0. The Labute approximate surface area is 188 Å². The summed E-state index contributed by atoms with van der Waals surface area (Å²) in [6, 6.07) is 18.1. The van der Waals surface area contributed by atoms with Crippen LogP contribution in [-0.4, -0.2) is 34.8 Å². The number of rotatable bonds is 6. The highest BCUT2D eigenvalue weighted by Crippen LogP contribution is 2.28. The second kappa shape index (κ2) is 8.57. The molecular formula is C23H24N2O5S2. The van der Waals surface area contributed by atoms with E-state index in [0.717, 1.165) is 16.7 Å². The van der Waals surface area contributed by atoms with Crippen molar-refractivity contribution in [2.45, 2.75) is 29.7 Å². The number of aryl methyl sites for hydroxylation is 1. The first-order valence-electron chi connectivity index (χ1n) is 10.0. The molecule has 7 nitrogen and oxygen atoms in total. The van der Waals surface area contributed by atoms with Gasteiger partial charge in [-0.3, -0.25) is 4.72 Å². The van der Waals surface area contributed by atoms with E-state index in [9.17, 15) is 16.8 Å². The summed E-state index contributed by atoms with van der Waals surface area (Å²) in [6.45, 7) is 2.42. The monoisotopic (exact) mass is 472 g/mol. The molecule has 168 valence electrons. The van der Waals surface area contributed by atoms with Gasteiger partial charge in [-0.25, -0.2) is 16.8 Å². The lowest BCUT2D eigenvalue weighted by Crippen LogP contribution is -2.36. The highest BCUT2D eigenvalue weighted by molar-refractivity contribution is 7.92. The highest BCUT2D eigenvalue weighted by Gasteiger charge is 2.28. The van der Waals surface area contributed by atoms with E-state index >= 15 is 0 Å². The largest absolute Gasteiger partial charge is 0.497 e. The lowest BCUT2D eigenvalue weighted by Gasteiger charge is -2.28. The average molecular weight is 473 g/mol. The Morgan fingerprint density at radius 1 is 0.844 bits per heavy atom. The minimum absolute atomic E-state index is 0.170. The summed E-state index contributed by atoms with van der Waals surface area (Å²) in [4.78, 5) is 0.363. The quantitative estimate of drug-likeness (QED) is 0.592. The number of fused-ring (bicyclic) bond motifs is 1. The van der Waals surface area contributed by atoms with Crippen LogP contribution >= 0.6 is 0 Å². The van der Waals surface area contributed by atoms with Crippen molar-refractivity contribution in [1.82, 2.24) is 4.31 Å². The van der Waals surface area contributed by atoms with Crippen LogP contribution in [-0.2, 0) is 33.0 Å². The van der Waals surface area contributed by atoms with Crippen LogP contribution in [0.25, 0.3) is 0 Å². The summed E-state index contributed by atoms with van der Waals surface area (Å²) in [5.74, 6) is 0.582. The van der Waals surface area contributed by atoms with Crippen LogP contribution in [0.1, 0.15) is 16.7 Å². The summed E-state index contributed by atoms with van der Waals surface area (Å²) in [7, 11) is -5.90. The molecule has 1 heterocycles. The number of nitrogens with zero attached hydrogens (tertiary/aromatic N) is 1. The lowest BCUT2D eigenvalue weighted by molar-refractivity contribution is 0.391. The molecule has 1 aliphatic heterocycles. The Hall–Kier alpha value is -2.88. The zero-order valence-electron chi connectivity index (χ0n) is 17.8. The minimum atomic E-state index is -3.74. The van der Waals surface area contributed by atoms with E-state index in [0.29, 0.717) is 24.4 Å². The predicted molar refractivity (Wildman–Crippen MR) is 123 cm³/mol. The average Bonchev–Trinajstić information content (AvgIpc) is 2.78. The molecule has 9 heteroatoms. The first-order chi connectivity index (χ1) is 15.2. The van der Waals surface area contributed by atoms with E-state index in [1.165, 1.54) is 23.5 Å². The standard InChI is InChI=1S/C23H24N2O5S2/c1-17-3-9-22(10-4-17)31(26,27)24-20-6-5-18-13-14-25(16-19(18)15-20)32(28,29)23-11-7-21(30-2)8-12-23/h3-12,15,24H,13-14,16H2,1-2H3. The van der Waals surface area contributed by atoms with Gasteiger partial charge in [-0.2, -0.15) is 4.31 Å². The third kappa shape index (κ3) is 4.50. The summed E-state index contributed by atoms with van der Waals surface area (Å²) in [5, 5.41) is 0. The molecule has 0 aromatic heterocycles. The van der Waals surface area contributed by atoms with Gasteiger partial charge in [-0.1, -0.05) is 23.8 Å². The molecule has 0 amide bonds. The minimum Gasteiger partial charge on any atom is -0.497 e. The van der Waals surface area contributed by atoms with Crippen LogP contribution in [0.3, 0.4) is 0 Å². The molecule has 0 bridgehead atoms. The van der Waals surface area contributed by atoms with Crippen molar-refractivity contribution in [2.24, 2.45) is 0 Å². The fraction of sp³-hybridized carbons (Fsp3) is 0.217. The number of hydrogen-bond donors (Lipinski definition) is 1. The number of benzene rings is 3. The van der Waals surface area contributed by atoms with Crippen molar-refractivity contribution in [1.29, 1.82) is 0 Å². The summed E-state index contributed by atoms with van der Waals surface area (Å²) >= 11 is 0. The van der Waals surface area contributed by atoms with Crippen molar-refractivity contribution in [3.8, 4) is 5.75 Å². The van der Waals surface area contributed by atoms with Crippen molar-refractivity contribution < 1.29 is 21.6 Å². The molecule has 0 spiro atoms. The fourth-order valence-corrected chi connectivity index (χ4v) is 6.10. The summed E-state index contributed by atoms with van der Waals surface area (Å²) < 4.78 is 60.7. The van der Waals surface area contributed by atoms with Crippen molar-refractivity contribution in [3.63, 3.8) is 0 Å². The molecule has 0 radical (unpaired) electrons. The zero-order chi connectivity index (χ0) is 22.9. The number of nitrogens with one attached hydrogen (secondary N) is 1. The molecule has 0 fully saturated rings. The van der Waals surface area contributed by atoms with E-state index in [-0.39, 0.29) is 16.3 Å². The van der Waals surface area contributed by atoms with Gasteiger partial charge in [0.1, 0.15) is 5.75 Å². The Bertz CT molecular complexity index is 1330. The number of anilines is 1. The first-order valence-corrected chi connectivity index (χ1v) is 13.0. The zero-order valence-corrected chi connectivity index (χ0v) is 19.4. The molecule has 3 aromatic carbocycles. The van der Waals surface area contributed by atoms with Crippen LogP contribution in [0.2, 0.25) is 0 Å². The van der Waals surface area contributed by atoms with Gasteiger partial charge in [0, 0.05) is 18.8 Å². The Kier molecular flexibility index (Phi) is 5.98. The molecule has 1 aliphatic rings.